The molecule has 0 aliphatic rings. The van der Waals surface area contributed by atoms with Gasteiger partial charge in [0.15, 0.2) is 5.15 Å². The van der Waals surface area contributed by atoms with Crippen LogP contribution < -0.4 is 11.1 Å². The van der Waals surface area contributed by atoms with E-state index in [0.717, 1.165) is 10.9 Å². The maximum absolute atomic E-state index is 11.6. The summed E-state index contributed by atoms with van der Waals surface area (Å²) in [7, 11) is 0. The van der Waals surface area contributed by atoms with Gasteiger partial charge >= 0.3 is 0 Å². The second-order valence-electron chi connectivity index (χ2n) is 3.38. The molecule has 88 valence electrons. The lowest BCUT2D eigenvalue weighted by molar-refractivity contribution is -0.117. The Bertz CT molecular complexity index is 386. The van der Waals surface area contributed by atoms with Gasteiger partial charge in [-0.05, 0) is 28.4 Å². The molecule has 0 bridgehead atoms. The summed E-state index contributed by atoms with van der Waals surface area (Å²) in [6.45, 7) is 1.97. The van der Waals surface area contributed by atoms with E-state index in [1.54, 1.807) is 12.3 Å². The molecular formula is C10H13BrClN3O. The monoisotopic (exact) mass is 305 g/mol. The molecule has 1 aromatic rings. The lowest BCUT2D eigenvalue weighted by atomic mass is 10.1. The van der Waals surface area contributed by atoms with Crippen LogP contribution >= 0.6 is 27.5 Å². The maximum Gasteiger partial charge on any atom is 0.241 e. The highest BCUT2D eigenvalue weighted by atomic mass is 79.9. The highest BCUT2D eigenvalue weighted by Crippen LogP contribution is 2.23. The third kappa shape index (κ3) is 3.73. The Kier molecular flexibility index (Phi) is 5.18. The number of anilines is 1. The minimum Gasteiger partial charge on any atom is -0.322 e. The van der Waals surface area contributed by atoms with Gasteiger partial charge in [-0.2, -0.15) is 0 Å². The van der Waals surface area contributed by atoms with Gasteiger partial charge in [-0.1, -0.05) is 24.9 Å². The smallest absolute Gasteiger partial charge is 0.241 e. The molecule has 0 fully saturated rings. The molecule has 1 aromatic heterocycles. The summed E-state index contributed by atoms with van der Waals surface area (Å²) in [6.07, 6.45) is 3.06. The van der Waals surface area contributed by atoms with Crippen molar-refractivity contribution in [3.8, 4) is 0 Å². The van der Waals surface area contributed by atoms with Gasteiger partial charge < -0.3 is 11.1 Å². The van der Waals surface area contributed by atoms with Crippen LogP contribution in [0.3, 0.4) is 0 Å². The van der Waals surface area contributed by atoms with Crippen molar-refractivity contribution in [3.05, 3.63) is 21.9 Å². The summed E-state index contributed by atoms with van der Waals surface area (Å²) < 4.78 is 0.747. The predicted molar refractivity (Wildman–Crippen MR) is 68.5 cm³/mol. The van der Waals surface area contributed by atoms with Crippen LogP contribution in [0.1, 0.15) is 19.8 Å². The van der Waals surface area contributed by atoms with Crippen LogP contribution in [0.2, 0.25) is 5.15 Å². The number of nitrogens with two attached hydrogens (primary N) is 1. The average molecular weight is 307 g/mol. The maximum atomic E-state index is 11.6. The van der Waals surface area contributed by atoms with Crippen molar-refractivity contribution in [3.63, 3.8) is 0 Å². The largest absolute Gasteiger partial charge is 0.322 e. The van der Waals surface area contributed by atoms with E-state index < -0.39 is 6.04 Å². The summed E-state index contributed by atoms with van der Waals surface area (Å²) in [5.41, 5.74) is 6.14. The molecule has 0 aliphatic heterocycles. The van der Waals surface area contributed by atoms with Crippen LogP contribution in [0.25, 0.3) is 0 Å². The van der Waals surface area contributed by atoms with Gasteiger partial charge in [-0.15, -0.1) is 0 Å². The number of amides is 1. The van der Waals surface area contributed by atoms with Gasteiger partial charge in [0, 0.05) is 10.7 Å². The molecule has 0 radical (unpaired) electrons. The highest BCUT2D eigenvalue weighted by Gasteiger charge is 2.14. The molecular weight excluding hydrogens is 293 g/mol. The van der Waals surface area contributed by atoms with Crippen LogP contribution in [0.15, 0.2) is 16.7 Å². The Hall–Kier alpha value is -0.650. The molecule has 1 rings (SSSR count). The Labute approximate surface area is 108 Å². The van der Waals surface area contributed by atoms with Gasteiger partial charge in [-0.3, -0.25) is 4.79 Å². The zero-order valence-electron chi connectivity index (χ0n) is 8.84. The fourth-order valence-corrected chi connectivity index (χ4v) is 1.66. The van der Waals surface area contributed by atoms with Gasteiger partial charge in [0.25, 0.3) is 0 Å². The SMILES string of the molecule is CCCC(N)C(=O)Nc1cc(Br)cnc1Cl. The Morgan fingerprint density at radius 2 is 2.44 bits per heavy atom. The number of carbonyl (C=O) groups excluding carboxylic acids is 1. The fraction of sp³-hybridized carbons (Fsp3) is 0.400. The second kappa shape index (κ2) is 6.18. The van der Waals surface area contributed by atoms with Crippen LogP contribution in [-0.4, -0.2) is 16.9 Å². The molecule has 16 heavy (non-hydrogen) atoms. The topological polar surface area (TPSA) is 68.0 Å². The summed E-state index contributed by atoms with van der Waals surface area (Å²) >= 11 is 9.08. The number of carbonyl (C=O) groups is 1. The summed E-state index contributed by atoms with van der Waals surface area (Å²) in [4.78, 5) is 15.5. The van der Waals surface area contributed by atoms with Crippen molar-refractivity contribution >= 4 is 39.1 Å². The molecule has 6 heteroatoms. The van der Waals surface area contributed by atoms with Crippen molar-refractivity contribution in [2.75, 3.05) is 5.32 Å². The standard InChI is InChI=1S/C10H13BrClN3O/c1-2-3-7(13)10(16)15-8-4-6(11)5-14-9(8)12/h4-5,7H,2-3,13H2,1H3,(H,15,16). The number of hydrogen-bond acceptors (Lipinski definition) is 3. The molecule has 0 aliphatic carbocycles. The van der Waals surface area contributed by atoms with Crippen molar-refractivity contribution < 1.29 is 4.79 Å². The number of aromatic nitrogens is 1. The molecule has 0 aromatic carbocycles. The second-order valence-corrected chi connectivity index (χ2v) is 4.65. The van der Waals surface area contributed by atoms with E-state index >= 15 is 0 Å². The van der Waals surface area contributed by atoms with Crippen molar-refractivity contribution in [2.24, 2.45) is 5.73 Å². The van der Waals surface area contributed by atoms with Gasteiger partial charge in [-0.25, -0.2) is 4.98 Å². The number of nitrogens with one attached hydrogen (secondary N) is 1. The van der Waals surface area contributed by atoms with Crippen molar-refractivity contribution in [1.82, 2.24) is 4.98 Å². The van der Waals surface area contributed by atoms with E-state index in [1.165, 1.54) is 0 Å². The number of hydrogen-bond donors (Lipinski definition) is 2. The Balaban J connectivity index is 2.72. The molecule has 1 heterocycles. The van der Waals surface area contributed by atoms with Gasteiger partial charge in [0.05, 0.1) is 11.7 Å². The minimum atomic E-state index is -0.514. The number of rotatable bonds is 4. The fourth-order valence-electron chi connectivity index (χ4n) is 1.18. The molecule has 0 spiro atoms. The summed E-state index contributed by atoms with van der Waals surface area (Å²) in [5.74, 6) is -0.247. The van der Waals surface area contributed by atoms with E-state index in [4.69, 9.17) is 17.3 Å². The van der Waals surface area contributed by atoms with Gasteiger partial charge in [0.1, 0.15) is 0 Å². The van der Waals surface area contributed by atoms with E-state index in [9.17, 15) is 4.79 Å². The first-order valence-electron chi connectivity index (χ1n) is 4.92. The molecule has 1 unspecified atom stereocenters. The van der Waals surface area contributed by atoms with Gasteiger partial charge in [0.2, 0.25) is 5.91 Å². The highest BCUT2D eigenvalue weighted by molar-refractivity contribution is 9.10. The number of pyridine rings is 1. The molecule has 3 N–H and O–H groups in total. The normalized spacial score (nSPS) is 12.2. The van der Waals surface area contributed by atoms with Crippen LogP contribution in [-0.2, 0) is 4.79 Å². The van der Waals surface area contributed by atoms with E-state index in [2.05, 4.69) is 26.2 Å². The molecule has 1 atom stereocenters. The molecule has 0 saturated heterocycles. The van der Waals surface area contributed by atoms with Crippen LogP contribution in [0.5, 0.6) is 0 Å². The first kappa shape index (κ1) is 13.4. The zero-order valence-corrected chi connectivity index (χ0v) is 11.2. The van der Waals surface area contributed by atoms with E-state index in [-0.39, 0.29) is 11.1 Å². The summed E-state index contributed by atoms with van der Waals surface area (Å²) in [6, 6.07) is 1.17. The third-order valence-electron chi connectivity index (χ3n) is 2.00. The van der Waals surface area contributed by atoms with Crippen molar-refractivity contribution in [1.29, 1.82) is 0 Å². The Morgan fingerprint density at radius 3 is 3.06 bits per heavy atom. The number of nitrogens with zero attached hydrogens (tertiary/aromatic N) is 1. The average Bonchev–Trinajstić information content (AvgIpc) is 2.23. The van der Waals surface area contributed by atoms with E-state index in [1.807, 2.05) is 6.92 Å². The lowest BCUT2D eigenvalue weighted by Crippen LogP contribution is -2.35. The Morgan fingerprint density at radius 1 is 1.75 bits per heavy atom. The zero-order chi connectivity index (χ0) is 12.1. The quantitative estimate of drug-likeness (QED) is 0.840. The minimum absolute atomic E-state index is 0.247. The first-order valence-corrected chi connectivity index (χ1v) is 6.09. The van der Waals surface area contributed by atoms with Crippen LogP contribution in [0.4, 0.5) is 5.69 Å². The van der Waals surface area contributed by atoms with Crippen molar-refractivity contribution in [2.45, 2.75) is 25.8 Å². The third-order valence-corrected chi connectivity index (χ3v) is 2.73. The summed E-state index contributed by atoms with van der Waals surface area (Å²) in [5, 5.41) is 2.90. The van der Waals surface area contributed by atoms with Crippen LogP contribution in [0, 0.1) is 0 Å². The predicted octanol–water partition coefficient (Wildman–Crippen LogP) is 2.56. The van der Waals surface area contributed by atoms with E-state index in [0.29, 0.717) is 12.1 Å². The molecule has 0 saturated carbocycles. The molecule has 4 nitrogen and oxygen atoms in total. The molecule has 1 amide bonds. The first-order chi connectivity index (χ1) is 7.54. The lowest BCUT2D eigenvalue weighted by Gasteiger charge is -2.11. The number of halogens is 2.